The first kappa shape index (κ1) is 13.6. The second-order valence-electron chi connectivity index (χ2n) is 4.57. The van der Waals surface area contributed by atoms with E-state index in [9.17, 15) is 4.79 Å². The van der Waals surface area contributed by atoms with Crippen molar-refractivity contribution in [3.05, 3.63) is 22.8 Å². The largest absolute Gasteiger partial charge is 0.397 e. The number of fused-ring (bicyclic) bond motifs is 1. The van der Waals surface area contributed by atoms with E-state index in [1.54, 1.807) is 4.68 Å². The minimum atomic E-state index is -0.201. The molecule has 0 aliphatic carbocycles. The molecule has 9 heteroatoms. The van der Waals surface area contributed by atoms with Crippen LogP contribution in [0.3, 0.4) is 0 Å². The van der Waals surface area contributed by atoms with Crippen molar-refractivity contribution in [2.45, 2.75) is 13.3 Å². The fraction of sp³-hybridized carbons (Fsp3) is 0.333. The van der Waals surface area contributed by atoms with Crippen molar-refractivity contribution < 1.29 is 9.32 Å². The van der Waals surface area contributed by atoms with Crippen molar-refractivity contribution >= 4 is 33.1 Å². The first-order valence-electron chi connectivity index (χ1n) is 6.33. The standard InChI is InChI=1S/C12H14N6O2S/c1-6-8-9(13)10(21-12(8)18(2)17-6)11(19)14-4-3-7-15-5-16-20-7/h5H,3-4,13H2,1-2H3,(H,14,19). The third-order valence-corrected chi connectivity index (χ3v) is 4.39. The van der Waals surface area contributed by atoms with Crippen LogP contribution in [-0.4, -0.2) is 32.4 Å². The average Bonchev–Trinajstić information content (AvgIpc) is 3.11. The molecule has 1 amide bonds. The minimum absolute atomic E-state index is 0.201. The van der Waals surface area contributed by atoms with E-state index >= 15 is 0 Å². The molecule has 0 aromatic carbocycles. The van der Waals surface area contributed by atoms with Gasteiger partial charge in [0.15, 0.2) is 6.33 Å². The normalized spacial score (nSPS) is 11.1. The van der Waals surface area contributed by atoms with Gasteiger partial charge in [0, 0.05) is 20.0 Å². The molecule has 3 aromatic heterocycles. The third kappa shape index (κ3) is 2.35. The SMILES string of the molecule is Cc1nn(C)c2sc(C(=O)NCCc3ncno3)c(N)c12. The zero-order chi connectivity index (χ0) is 15.0. The van der Waals surface area contributed by atoms with Crippen molar-refractivity contribution in [3.8, 4) is 0 Å². The first-order valence-corrected chi connectivity index (χ1v) is 7.15. The number of nitrogens with two attached hydrogens (primary N) is 1. The molecule has 0 bridgehead atoms. The Balaban J connectivity index is 1.75. The number of hydrogen-bond donors (Lipinski definition) is 2. The predicted molar refractivity (Wildman–Crippen MR) is 78.1 cm³/mol. The fourth-order valence-electron chi connectivity index (χ4n) is 2.17. The summed E-state index contributed by atoms with van der Waals surface area (Å²) in [5, 5.41) is 11.5. The Morgan fingerprint density at radius 3 is 3.05 bits per heavy atom. The van der Waals surface area contributed by atoms with E-state index in [1.165, 1.54) is 17.7 Å². The number of nitrogen functional groups attached to an aromatic ring is 1. The Hall–Kier alpha value is -2.42. The van der Waals surface area contributed by atoms with Gasteiger partial charge in [-0.1, -0.05) is 5.16 Å². The maximum absolute atomic E-state index is 12.2. The zero-order valence-corrected chi connectivity index (χ0v) is 12.4. The Kier molecular flexibility index (Phi) is 3.34. The molecule has 0 spiro atoms. The lowest BCUT2D eigenvalue weighted by atomic mass is 10.2. The summed E-state index contributed by atoms with van der Waals surface area (Å²) >= 11 is 1.34. The lowest BCUT2D eigenvalue weighted by molar-refractivity contribution is 0.0958. The number of anilines is 1. The monoisotopic (exact) mass is 306 g/mol. The highest BCUT2D eigenvalue weighted by Gasteiger charge is 2.20. The molecule has 3 rings (SSSR count). The van der Waals surface area contributed by atoms with Crippen LogP contribution in [0.25, 0.3) is 10.2 Å². The minimum Gasteiger partial charge on any atom is -0.397 e. The summed E-state index contributed by atoms with van der Waals surface area (Å²) in [5.41, 5.74) is 7.38. The van der Waals surface area contributed by atoms with Gasteiger partial charge in [-0.3, -0.25) is 9.48 Å². The van der Waals surface area contributed by atoms with Gasteiger partial charge in [-0.25, -0.2) is 0 Å². The highest BCUT2D eigenvalue weighted by Crippen LogP contribution is 2.35. The lowest BCUT2D eigenvalue weighted by Crippen LogP contribution is -2.25. The Morgan fingerprint density at radius 2 is 2.38 bits per heavy atom. The molecule has 0 saturated heterocycles. The van der Waals surface area contributed by atoms with Crippen LogP contribution in [0.5, 0.6) is 0 Å². The highest BCUT2D eigenvalue weighted by molar-refractivity contribution is 7.21. The molecule has 21 heavy (non-hydrogen) atoms. The number of carbonyl (C=O) groups excluding carboxylic acids is 1. The van der Waals surface area contributed by atoms with Crippen LogP contribution >= 0.6 is 11.3 Å². The summed E-state index contributed by atoms with van der Waals surface area (Å²) in [6.07, 6.45) is 1.81. The van der Waals surface area contributed by atoms with Crippen LogP contribution in [-0.2, 0) is 13.5 Å². The number of thiophene rings is 1. The first-order chi connectivity index (χ1) is 10.1. The Morgan fingerprint density at radius 1 is 1.57 bits per heavy atom. The number of aromatic nitrogens is 4. The van der Waals surface area contributed by atoms with Crippen molar-refractivity contribution in [3.63, 3.8) is 0 Å². The van der Waals surface area contributed by atoms with E-state index in [-0.39, 0.29) is 5.91 Å². The highest BCUT2D eigenvalue weighted by atomic mass is 32.1. The van der Waals surface area contributed by atoms with Gasteiger partial charge in [-0.15, -0.1) is 11.3 Å². The van der Waals surface area contributed by atoms with E-state index in [0.717, 1.165) is 15.9 Å². The van der Waals surface area contributed by atoms with Gasteiger partial charge >= 0.3 is 0 Å². The van der Waals surface area contributed by atoms with Crippen LogP contribution in [0.4, 0.5) is 5.69 Å². The van der Waals surface area contributed by atoms with E-state index in [1.807, 2.05) is 14.0 Å². The van der Waals surface area contributed by atoms with Gasteiger partial charge in [0.1, 0.15) is 9.71 Å². The second kappa shape index (κ2) is 5.17. The van der Waals surface area contributed by atoms with Gasteiger partial charge in [-0.05, 0) is 6.92 Å². The van der Waals surface area contributed by atoms with E-state index < -0.39 is 0 Å². The lowest BCUT2D eigenvalue weighted by Gasteiger charge is -2.02. The van der Waals surface area contributed by atoms with Gasteiger partial charge in [-0.2, -0.15) is 10.1 Å². The number of aryl methyl sites for hydroxylation is 2. The summed E-state index contributed by atoms with van der Waals surface area (Å²) in [4.78, 5) is 17.5. The predicted octanol–water partition coefficient (Wildman–Crippen LogP) is 0.881. The molecule has 0 fully saturated rings. The second-order valence-corrected chi connectivity index (χ2v) is 5.57. The fourth-order valence-corrected chi connectivity index (χ4v) is 3.27. The van der Waals surface area contributed by atoms with Crippen LogP contribution in [0, 0.1) is 6.92 Å². The molecular formula is C12H14N6O2S. The van der Waals surface area contributed by atoms with E-state index in [4.69, 9.17) is 10.3 Å². The number of rotatable bonds is 4. The third-order valence-electron chi connectivity index (χ3n) is 3.12. The van der Waals surface area contributed by atoms with Crippen molar-refractivity contribution in [1.82, 2.24) is 25.2 Å². The molecule has 0 atom stereocenters. The van der Waals surface area contributed by atoms with Crippen LogP contribution in [0.1, 0.15) is 21.3 Å². The summed E-state index contributed by atoms with van der Waals surface area (Å²) < 4.78 is 6.60. The number of hydrogen-bond acceptors (Lipinski definition) is 7. The summed E-state index contributed by atoms with van der Waals surface area (Å²) in [6, 6.07) is 0. The summed E-state index contributed by atoms with van der Waals surface area (Å²) in [6.45, 7) is 2.29. The molecule has 0 radical (unpaired) electrons. The molecule has 0 saturated carbocycles. The van der Waals surface area contributed by atoms with Gasteiger partial charge in [0.2, 0.25) is 5.89 Å². The topological polar surface area (TPSA) is 112 Å². The number of amides is 1. The van der Waals surface area contributed by atoms with Crippen molar-refractivity contribution in [2.75, 3.05) is 12.3 Å². The number of nitrogens with one attached hydrogen (secondary N) is 1. The summed E-state index contributed by atoms with van der Waals surface area (Å²) in [7, 11) is 1.84. The van der Waals surface area contributed by atoms with E-state index in [0.29, 0.717) is 29.4 Å². The quantitative estimate of drug-likeness (QED) is 0.740. The summed E-state index contributed by atoms with van der Waals surface area (Å²) in [5.74, 6) is 0.285. The molecule has 0 aliphatic rings. The molecule has 3 N–H and O–H groups in total. The van der Waals surface area contributed by atoms with Gasteiger partial charge in [0.05, 0.1) is 16.8 Å². The maximum Gasteiger partial charge on any atom is 0.263 e. The molecule has 110 valence electrons. The molecule has 0 aliphatic heterocycles. The van der Waals surface area contributed by atoms with Crippen LogP contribution in [0.2, 0.25) is 0 Å². The van der Waals surface area contributed by atoms with Crippen LogP contribution < -0.4 is 11.1 Å². The zero-order valence-electron chi connectivity index (χ0n) is 11.6. The maximum atomic E-state index is 12.2. The molecule has 3 heterocycles. The molecule has 8 nitrogen and oxygen atoms in total. The smallest absolute Gasteiger partial charge is 0.263 e. The van der Waals surface area contributed by atoms with Gasteiger partial charge < -0.3 is 15.6 Å². The van der Waals surface area contributed by atoms with Crippen LogP contribution in [0.15, 0.2) is 10.9 Å². The molecular weight excluding hydrogens is 292 g/mol. The van der Waals surface area contributed by atoms with E-state index in [2.05, 4.69) is 20.6 Å². The molecule has 0 unspecified atom stereocenters. The van der Waals surface area contributed by atoms with Crippen molar-refractivity contribution in [2.24, 2.45) is 7.05 Å². The average molecular weight is 306 g/mol. The number of carbonyl (C=O) groups is 1. The Labute approximate surface area is 123 Å². The van der Waals surface area contributed by atoms with Crippen molar-refractivity contribution in [1.29, 1.82) is 0 Å². The number of nitrogens with zero attached hydrogens (tertiary/aromatic N) is 4. The molecule has 3 aromatic rings. The van der Waals surface area contributed by atoms with Gasteiger partial charge in [0.25, 0.3) is 5.91 Å². The Bertz CT molecular complexity index is 788.